The van der Waals surface area contributed by atoms with Crippen LogP contribution in [0.2, 0.25) is 0 Å². The molecule has 4 rings (SSSR count). The molecule has 3 nitrogen and oxygen atoms in total. The number of benzene rings is 1. The van der Waals surface area contributed by atoms with Gasteiger partial charge in [-0.25, -0.2) is 4.79 Å². The van der Waals surface area contributed by atoms with Crippen molar-refractivity contribution in [1.29, 1.82) is 0 Å². The second-order valence-electron chi connectivity index (χ2n) is 7.56. The average Bonchev–Trinajstić information content (AvgIpc) is 3.22. The van der Waals surface area contributed by atoms with Crippen LogP contribution in [0.4, 0.5) is 10.5 Å². The van der Waals surface area contributed by atoms with Gasteiger partial charge in [-0.15, -0.1) is 0 Å². The van der Waals surface area contributed by atoms with Crippen LogP contribution in [-0.2, 0) is 12.8 Å². The van der Waals surface area contributed by atoms with Gasteiger partial charge in [0.25, 0.3) is 0 Å². The average molecular weight is 298 g/mol. The normalized spacial score (nSPS) is 30.1. The van der Waals surface area contributed by atoms with E-state index in [1.54, 1.807) is 0 Å². The van der Waals surface area contributed by atoms with Crippen molar-refractivity contribution in [3.8, 4) is 0 Å². The predicted octanol–water partition coefficient (Wildman–Crippen LogP) is 4.12. The van der Waals surface area contributed by atoms with Crippen molar-refractivity contribution in [2.45, 2.75) is 57.9 Å². The van der Waals surface area contributed by atoms with Gasteiger partial charge in [0.2, 0.25) is 0 Å². The Morgan fingerprint density at radius 3 is 2.82 bits per heavy atom. The molecule has 4 atom stereocenters. The molecule has 3 aliphatic carbocycles. The van der Waals surface area contributed by atoms with Crippen molar-refractivity contribution >= 4 is 11.7 Å². The Morgan fingerprint density at radius 2 is 2.05 bits per heavy atom. The van der Waals surface area contributed by atoms with Crippen LogP contribution < -0.4 is 10.6 Å². The van der Waals surface area contributed by atoms with E-state index in [0.29, 0.717) is 5.92 Å². The highest BCUT2D eigenvalue weighted by atomic mass is 16.2. The number of rotatable bonds is 3. The van der Waals surface area contributed by atoms with Crippen LogP contribution in [0.3, 0.4) is 0 Å². The maximum atomic E-state index is 12.3. The van der Waals surface area contributed by atoms with Gasteiger partial charge >= 0.3 is 6.03 Å². The summed E-state index contributed by atoms with van der Waals surface area (Å²) >= 11 is 0. The van der Waals surface area contributed by atoms with Crippen LogP contribution in [0.1, 0.15) is 50.2 Å². The highest BCUT2D eigenvalue weighted by Crippen LogP contribution is 2.49. The first kappa shape index (κ1) is 14.1. The molecule has 0 aromatic heterocycles. The number of hydrogen-bond donors (Lipinski definition) is 2. The van der Waals surface area contributed by atoms with Crippen LogP contribution in [0, 0.1) is 17.8 Å². The van der Waals surface area contributed by atoms with Gasteiger partial charge in [-0.2, -0.15) is 0 Å². The lowest BCUT2D eigenvalue weighted by molar-refractivity contribution is 0.230. The molecule has 2 fully saturated rings. The van der Waals surface area contributed by atoms with E-state index in [2.05, 4.69) is 29.7 Å². The highest BCUT2D eigenvalue weighted by molar-refractivity contribution is 5.89. The lowest BCUT2D eigenvalue weighted by atomic mass is 9.84. The first-order valence-electron chi connectivity index (χ1n) is 8.88. The summed E-state index contributed by atoms with van der Waals surface area (Å²) in [6.45, 7) is 2.17. The first-order valence-corrected chi connectivity index (χ1v) is 8.88. The summed E-state index contributed by atoms with van der Waals surface area (Å²) in [6, 6.07) is 6.57. The molecule has 0 spiro atoms. The van der Waals surface area contributed by atoms with E-state index < -0.39 is 0 Å². The van der Waals surface area contributed by atoms with Gasteiger partial charge in [-0.05, 0) is 86.5 Å². The summed E-state index contributed by atoms with van der Waals surface area (Å²) in [5.74, 6) is 2.46. The first-order chi connectivity index (χ1) is 10.7. The van der Waals surface area contributed by atoms with Crippen LogP contribution in [0.5, 0.6) is 0 Å². The van der Waals surface area contributed by atoms with E-state index in [9.17, 15) is 4.79 Å². The maximum Gasteiger partial charge on any atom is 0.319 e. The Balaban J connectivity index is 1.34. The van der Waals surface area contributed by atoms with Gasteiger partial charge in [0.1, 0.15) is 0 Å². The Morgan fingerprint density at radius 1 is 1.18 bits per heavy atom. The fraction of sp³-hybridized carbons (Fsp3) is 0.632. The van der Waals surface area contributed by atoms with Gasteiger partial charge in [-0.3, -0.25) is 0 Å². The monoisotopic (exact) mass is 298 g/mol. The Labute approximate surface area is 132 Å². The lowest BCUT2D eigenvalue weighted by Gasteiger charge is -2.28. The fourth-order valence-corrected chi connectivity index (χ4v) is 5.04. The molecule has 0 saturated heterocycles. The Kier molecular flexibility index (Phi) is 3.59. The molecule has 2 amide bonds. The Bertz CT molecular complexity index is 583. The topological polar surface area (TPSA) is 41.1 Å². The molecular weight excluding hydrogens is 272 g/mol. The number of aryl methyl sites for hydroxylation is 2. The van der Waals surface area contributed by atoms with Crippen molar-refractivity contribution in [3.05, 3.63) is 29.3 Å². The van der Waals surface area contributed by atoms with E-state index in [4.69, 9.17) is 0 Å². The minimum Gasteiger partial charge on any atom is -0.335 e. The van der Waals surface area contributed by atoms with Crippen molar-refractivity contribution in [1.82, 2.24) is 5.32 Å². The quantitative estimate of drug-likeness (QED) is 0.866. The van der Waals surface area contributed by atoms with Crippen LogP contribution >= 0.6 is 0 Å². The number of amides is 2. The predicted molar refractivity (Wildman–Crippen MR) is 89.0 cm³/mol. The summed E-state index contributed by atoms with van der Waals surface area (Å²) in [5, 5.41) is 6.19. The summed E-state index contributed by atoms with van der Waals surface area (Å²) in [4.78, 5) is 12.3. The van der Waals surface area contributed by atoms with Crippen molar-refractivity contribution in [2.24, 2.45) is 17.8 Å². The number of fused-ring (bicyclic) bond motifs is 3. The zero-order valence-electron chi connectivity index (χ0n) is 13.4. The molecule has 2 bridgehead atoms. The summed E-state index contributed by atoms with van der Waals surface area (Å²) in [7, 11) is 0. The summed E-state index contributed by atoms with van der Waals surface area (Å²) in [5.41, 5.74) is 3.78. The lowest BCUT2D eigenvalue weighted by Crippen LogP contribution is -2.42. The standard InChI is InChI=1S/C19H26N2O/c1-12(18-10-13-5-6-16(18)9-13)20-19(22)21-17-8-7-14-3-2-4-15(14)11-17/h7-8,11-13,16,18H,2-6,9-10H2,1H3,(H2,20,21,22)/t12-,13+,16+,18+/m0/s1. The van der Waals surface area contributed by atoms with Crippen molar-refractivity contribution in [2.75, 3.05) is 5.32 Å². The molecule has 1 aromatic rings. The second-order valence-corrected chi connectivity index (χ2v) is 7.56. The van der Waals surface area contributed by atoms with E-state index in [1.165, 1.54) is 49.7 Å². The largest absolute Gasteiger partial charge is 0.335 e. The number of urea groups is 1. The smallest absolute Gasteiger partial charge is 0.319 e. The molecule has 0 heterocycles. The maximum absolute atomic E-state index is 12.3. The molecule has 3 heteroatoms. The number of carbonyl (C=O) groups excluding carboxylic acids is 1. The van der Waals surface area contributed by atoms with Crippen LogP contribution in [0.25, 0.3) is 0 Å². The number of carbonyl (C=O) groups is 1. The zero-order valence-corrected chi connectivity index (χ0v) is 13.4. The minimum atomic E-state index is -0.0479. The molecule has 22 heavy (non-hydrogen) atoms. The summed E-state index contributed by atoms with van der Waals surface area (Å²) in [6.07, 6.45) is 9.06. The molecule has 0 radical (unpaired) electrons. The number of nitrogens with one attached hydrogen (secondary N) is 2. The van der Waals surface area contributed by atoms with Gasteiger partial charge in [0.05, 0.1) is 0 Å². The van der Waals surface area contributed by atoms with Gasteiger partial charge in [-0.1, -0.05) is 12.5 Å². The molecule has 0 unspecified atom stereocenters. The second kappa shape index (κ2) is 5.60. The van der Waals surface area contributed by atoms with Crippen LogP contribution in [0.15, 0.2) is 18.2 Å². The van der Waals surface area contributed by atoms with E-state index >= 15 is 0 Å². The highest BCUT2D eigenvalue weighted by Gasteiger charge is 2.42. The third-order valence-corrected chi connectivity index (χ3v) is 6.15. The minimum absolute atomic E-state index is 0.0479. The van der Waals surface area contributed by atoms with Crippen molar-refractivity contribution in [3.63, 3.8) is 0 Å². The third kappa shape index (κ3) is 2.62. The molecular formula is C19H26N2O. The van der Waals surface area contributed by atoms with Crippen LogP contribution in [-0.4, -0.2) is 12.1 Å². The van der Waals surface area contributed by atoms with E-state index in [1.807, 2.05) is 6.07 Å². The van der Waals surface area contributed by atoms with E-state index in [-0.39, 0.29) is 12.1 Å². The molecule has 3 aliphatic rings. The van der Waals surface area contributed by atoms with Gasteiger partial charge < -0.3 is 10.6 Å². The molecule has 1 aromatic carbocycles. The fourth-order valence-electron chi connectivity index (χ4n) is 5.04. The molecule has 118 valence electrons. The van der Waals surface area contributed by atoms with Gasteiger partial charge in [0.15, 0.2) is 0 Å². The van der Waals surface area contributed by atoms with E-state index in [0.717, 1.165) is 23.9 Å². The molecule has 2 N–H and O–H groups in total. The SMILES string of the molecule is C[C@H](NC(=O)Nc1ccc2c(c1)CCC2)[C@H]1C[C@@H]2CC[C@@H]1C2. The Hall–Kier alpha value is -1.51. The number of hydrogen-bond acceptors (Lipinski definition) is 1. The zero-order chi connectivity index (χ0) is 15.1. The molecule has 2 saturated carbocycles. The van der Waals surface area contributed by atoms with Gasteiger partial charge in [0, 0.05) is 11.7 Å². The molecule has 0 aliphatic heterocycles. The van der Waals surface area contributed by atoms with Crippen molar-refractivity contribution < 1.29 is 4.79 Å². The number of anilines is 1. The third-order valence-electron chi connectivity index (χ3n) is 6.15. The summed E-state index contributed by atoms with van der Waals surface area (Å²) < 4.78 is 0.